The lowest BCUT2D eigenvalue weighted by molar-refractivity contribution is 0.332. The first-order chi connectivity index (χ1) is 7.15. The van der Waals surface area contributed by atoms with Crippen LogP contribution in [0.25, 0.3) is 0 Å². The van der Waals surface area contributed by atoms with Crippen molar-refractivity contribution in [2.75, 3.05) is 27.7 Å². The van der Waals surface area contributed by atoms with E-state index in [0.29, 0.717) is 0 Å². The zero-order valence-electron chi connectivity index (χ0n) is 9.90. The van der Waals surface area contributed by atoms with E-state index in [1.165, 1.54) is 24.4 Å². The third-order valence-corrected chi connectivity index (χ3v) is 2.73. The predicted octanol–water partition coefficient (Wildman–Crippen LogP) is 0.780. The van der Waals surface area contributed by atoms with Gasteiger partial charge in [-0.3, -0.25) is 4.68 Å². The Balaban J connectivity index is 2.16. The van der Waals surface area contributed by atoms with Crippen LogP contribution in [0.4, 0.5) is 0 Å². The molecule has 4 nitrogen and oxygen atoms in total. The zero-order valence-corrected chi connectivity index (χ0v) is 9.90. The molecule has 0 radical (unpaired) electrons. The number of aromatic nitrogens is 2. The minimum Gasteiger partial charge on any atom is -0.304 e. The highest BCUT2D eigenvalue weighted by molar-refractivity contribution is 5.11. The van der Waals surface area contributed by atoms with Crippen LogP contribution in [0.5, 0.6) is 0 Å². The molecule has 15 heavy (non-hydrogen) atoms. The third-order valence-electron chi connectivity index (χ3n) is 2.73. The Morgan fingerprint density at radius 1 is 1.40 bits per heavy atom. The molecule has 1 aliphatic rings. The van der Waals surface area contributed by atoms with Gasteiger partial charge in [-0.05, 0) is 33.6 Å². The smallest absolute Gasteiger partial charge is 0.0767 e. The minimum atomic E-state index is 0.934. The van der Waals surface area contributed by atoms with Crippen molar-refractivity contribution in [3.8, 4) is 0 Å². The molecule has 2 rings (SSSR count). The molecule has 0 aromatic carbocycles. The zero-order chi connectivity index (χ0) is 10.8. The summed E-state index contributed by atoms with van der Waals surface area (Å²) >= 11 is 0. The summed E-state index contributed by atoms with van der Waals surface area (Å²) in [5.41, 5.74) is 2.54. The molecular formula is C11H20N4. The van der Waals surface area contributed by atoms with Crippen molar-refractivity contribution < 1.29 is 0 Å². The van der Waals surface area contributed by atoms with Crippen molar-refractivity contribution in [1.82, 2.24) is 19.6 Å². The normalized spacial score (nSPS) is 17.9. The van der Waals surface area contributed by atoms with E-state index in [9.17, 15) is 0 Å². The van der Waals surface area contributed by atoms with Crippen LogP contribution >= 0.6 is 0 Å². The van der Waals surface area contributed by atoms with Gasteiger partial charge in [0.05, 0.1) is 11.4 Å². The lowest BCUT2D eigenvalue weighted by Crippen LogP contribution is -2.17. The van der Waals surface area contributed by atoms with Crippen LogP contribution in [0.2, 0.25) is 0 Å². The quantitative estimate of drug-likeness (QED) is 0.718. The van der Waals surface area contributed by atoms with Crippen LogP contribution < -0.4 is 0 Å². The molecule has 0 fully saturated rings. The maximum Gasteiger partial charge on any atom is 0.0767 e. The van der Waals surface area contributed by atoms with Crippen LogP contribution in [-0.4, -0.2) is 47.3 Å². The molecule has 0 unspecified atom stereocenters. The highest BCUT2D eigenvalue weighted by atomic mass is 15.3. The fraction of sp³-hybridized carbons (Fsp3) is 0.727. The van der Waals surface area contributed by atoms with Gasteiger partial charge in [0.2, 0.25) is 0 Å². The number of aryl methyl sites for hydroxylation is 1. The Morgan fingerprint density at radius 3 is 2.93 bits per heavy atom. The highest BCUT2D eigenvalue weighted by Crippen LogP contribution is 2.12. The van der Waals surface area contributed by atoms with Crippen LogP contribution in [0.15, 0.2) is 6.07 Å². The first-order valence-corrected chi connectivity index (χ1v) is 5.54. The van der Waals surface area contributed by atoms with E-state index < -0.39 is 0 Å². The topological polar surface area (TPSA) is 24.3 Å². The van der Waals surface area contributed by atoms with E-state index in [1.807, 2.05) is 0 Å². The van der Waals surface area contributed by atoms with Gasteiger partial charge in [0.25, 0.3) is 0 Å². The Labute approximate surface area is 91.5 Å². The van der Waals surface area contributed by atoms with Crippen molar-refractivity contribution in [3.05, 3.63) is 17.5 Å². The van der Waals surface area contributed by atoms with Crippen molar-refractivity contribution in [3.63, 3.8) is 0 Å². The fourth-order valence-electron chi connectivity index (χ4n) is 2.08. The monoisotopic (exact) mass is 208 g/mol. The Kier molecular flexibility index (Phi) is 3.07. The molecule has 0 saturated heterocycles. The van der Waals surface area contributed by atoms with Crippen molar-refractivity contribution in [2.24, 2.45) is 0 Å². The molecule has 0 atom stereocenters. The summed E-state index contributed by atoms with van der Waals surface area (Å²) < 4.78 is 2.17. The standard InChI is InChI=1S/C11H20N4/c1-13(2)8-10-7-11-9-14(3)5-4-6-15(11)12-10/h7H,4-6,8-9H2,1-3H3. The number of nitrogens with zero attached hydrogens (tertiary/aromatic N) is 4. The lowest BCUT2D eigenvalue weighted by Gasteiger charge is -2.11. The van der Waals surface area contributed by atoms with Crippen LogP contribution in [0, 0.1) is 0 Å². The van der Waals surface area contributed by atoms with Gasteiger partial charge < -0.3 is 9.80 Å². The third kappa shape index (κ3) is 2.58. The second-order valence-electron chi connectivity index (χ2n) is 4.68. The van der Waals surface area contributed by atoms with E-state index in [-0.39, 0.29) is 0 Å². The summed E-state index contributed by atoms with van der Waals surface area (Å²) in [6, 6.07) is 2.24. The SMILES string of the molecule is CN(C)Cc1cc2n(n1)CCCN(C)C2. The van der Waals surface area contributed by atoms with Gasteiger partial charge in [-0.15, -0.1) is 0 Å². The summed E-state index contributed by atoms with van der Waals surface area (Å²) in [4.78, 5) is 4.52. The number of hydrogen-bond acceptors (Lipinski definition) is 3. The number of rotatable bonds is 2. The van der Waals surface area contributed by atoms with Crippen LogP contribution in [-0.2, 0) is 19.6 Å². The van der Waals surface area contributed by atoms with Gasteiger partial charge in [0, 0.05) is 26.2 Å². The Hall–Kier alpha value is -0.870. The maximum atomic E-state index is 4.63. The molecule has 2 heterocycles. The van der Waals surface area contributed by atoms with Crippen molar-refractivity contribution in [1.29, 1.82) is 0 Å². The molecule has 0 bridgehead atoms. The van der Waals surface area contributed by atoms with E-state index in [2.05, 4.69) is 46.8 Å². The molecule has 1 aliphatic heterocycles. The summed E-state index contributed by atoms with van der Waals surface area (Å²) in [6.45, 7) is 4.20. The van der Waals surface area contributed by atoms with Crippen molar-refractivity contribution >= 4 is 0 Å². The Bertz CT molecular complexity index is 329. The first kappa shape index (κ1) is 10.6. The minimum absolute atomic E-state index is 0.934. The second kappa shape index (κ2) is 4.33. The number of fused-ring (bicyclic) bond motifs is 1. The predicted molar refractivity (Wildman–Crippen MR) is 60.6 cm³/mol. The molecule has 0 spiro atoms. The second-order valence-corrected chi connectivity index (χ2v) is 4.68. The van der Waals surface area contributed by atoms with E-state index in [1.54, 1.807) is 0 Å². The van der Waals surface area contributed by atoms with Gasteiger partial charge in [-0.2, -0.15) is 5.10 Å². The maximum absolute atomic E-state index is 4.63. The van der Waals surface area contributed by atoms with Crippen LogP contribution in [0.3, 0.4) is 0 Å². The van der Waals surface area contributed by atoms with Gasteiger partial charge in [0.15, 0.2) is 0 Å². The van der Waals surface area contributed by atoms with Gasteiger partial charge in [-0.25, -0.2) is 0 Å². The first-order valence-electron chi connectivity index (χ1n) is 5.54. The Morgan fingerprint density at radius 2 is 2.20 bits per heavy atom. The van der Waals surface area contributed by atoms with Crippen molar-refractivity contribution in [2.45, 2.75) is 26.1 Å². The molecule has 0 amide bonds. The lowest BCUT2D eigenvalue weighted by atomic mass is 10.3. The van der Waals surface area contributed by atoms with E-state index in [0.717, 1.165) is 19.6 Å². The molecule has 0 aliphatic carbocycles. The summed E-state index contributed by atoms with van der Waals surface area (Å²) in [5.74, 6) is 0. The molecular weight excluding hydrogens is 188 g/mol. The molecule has 0 N–H and O–H groups in total. The molecule has 4 heteroatoms. The van der Waals surface area contributed by atoms with E-state index in [4.69, 9.17) is 0 Å². The molecule has 1 aromatic heterocycles. The van der Waals surface area contributed by atoms with Crippen LogP contribution in [0.1, 0.15) is 17.8 Å². The summed E-state index contributed by atoms with van der Waals surface area (Å²) in [5, 5.41) is 4.63. The van der Waals surface area contributed by atoms with Gasteiger partial charge in [0.1, 0.15) is 0 Å². The van der Waals surface area contributed by atoms with Gasteiger partial charge in [-0.1, -0.05) is 0 Å². The summed E-state index contributed by atoms with van der Waals surface area (Å²) in [6.07, 6.45) is 1.20. The largest absolute Gasteiger partial charge is 0.304 e. The molecule has 84 valence electrons. The fourth-order valence-corrected chi connectivity index (χ4v) is 2.08. The van der Waals surface area contributed by atoms with E-state index >= 15 is 0 Å². The summed E-state index contributed by atoms with van der Waals surface area (Å²) in [7, 11) is 6.33. The van der Waals surface area contributed by atoms with Gasteiger partial charge >= 0.3 is 0 Å². The number of hydrogen-bond donors (Lipinski definition) is 0. The highest BCUT2D eigenvalue weighted by Gasteiger charge is 2.13. The molecule has 1 aromatic rings. The average molecular weight is 208 g/mol. The molecule has 0 saturated carbocycles. The average Bonchev–Trinajstić information content (AvgIpc) is 2.38.